The highest BCUT2D eigenvalue weighted by molar-refractivity contribution is 5.85. The molecular weight excluding hydrogens is 304 g/mol. The summed E-state index contributed by atoms with van der Waals surface area (Å²) in [6.07, 6.45) is 3.71. The van der Waals surface area contributed by atoms with Gasteiger partial charge in [0.15, 0.2) is 0 Å². The topological polar surface area (TPSA) is 77.8 Å². The van der Waals surface area contributed by atoms with Gasteiger partial charge >= 0.3 is 5.97 Å². The summed E-state index contributed by atoms with van der Waals surface area (Å²) in [5, 5.41) is 31.7. The lowest BCUT2D eigenvalue weighted by atomic mass is 9.49. The van der Waals surface area contributed by atoms with Gasteiger partial charge < -0.3 is 15.3 Å². The zero-order valence-electron chi connectivity index (χ0n) is 15.0. The molecule has 0 saturated heterocycles. The normalized spacial score (nSPS) is 28.3. The van der Waals surface area contributed by atoms with Crippen LogP contribution in [0.2, 0.25) is 0 Å². The highest BCUT2D eigenvalue weighted by atomic mass is 16.4. The molecule has 4 nitrogen and oxygen atoms in total. The van der Waals surface area contributed by atoms with Gasteiger partial charge in [0, 0.05) is 16.7 Å². The van der Waals surface area contributed by atoms with E-state index in [9.17, 15) is 20.1 Å². The summed E-state index contributed by atoms with van der Waals surface area (Å²) in [5.41, 5.74) is 0.635. The van der Waals surface area contributed by atoms with Gasteiger partial charge in [0.2, 0.25) is 0 Å². The largest absolute Gasteiger partial charge is 0.508 e. The molecule has 24 heavy (non-hydrogen) atoms. The number of aromatic hydroxyl groups is 2. The summed E-state index contributed by atoms with van der Waals surface area (Å²) in [6.45, 7) is 8.20. The van der Waals surface area contributed by atoms with Crippen molar-refractivity contribution in [1.29, 1.82) is 0 Å². The molecule has 0 radical (unpaired) electrons. The van der Waals surface area contributed by atoms with E-state index in [1.807, 2.05) is 13.8 Å². The lowest BCUT2D eigenvalue weighted by molar-refractivity contribution is -0.152. The number of rotatable bonds is 2. The van der Waals surface area contributed by atoms with Crippen LogP contribution in [0.4, 0.5) is 0 Å². The van der Waals surface area contributed by atoms with Crippen molar-refractivity contribution < 1.29 is 20.1 Å². The SMILES string of the molecule is CC(C)c1cc(O)c2c(c1O)CCC1C(C)(C)CCC[C@]21C(=O)O. The molecule has 1 fully saturated rings. The molecule has 4 heteroatoms. The van der Waals surface area contributed by atoms with Gasteiger partial charge in [0.25, 0.3) is 0 Å². The second-order valence-corrected chi connectivity index (χ2v) is 8.55. The molecule has 2 atom stereocenters. The van der Waals surface area contributed by atoms with Crippen LogP contribution in [0.15, 0.2) is 6.07 Å². The van der Waals surface area contributed by atoms with Gasteiger partial charge in [-0.1, -0.05) is 34.1 Å². The number of phenols is 2. The summed E-state index contributed by atoms with van der Waals surface area (Å²) in [7, 11) is 0. The summed E-state index contributed by atoms with van der Waals surface area (Å²) in [6, 6.07) is 1.58. The van der Waals surface area contributed by atoms with E-state index in [0.717, 1.165) is 19.3 Å². The van der Waals surface area contributed by atoms with Crippen LogP contribution in [0, 0.1) is 11.3 Å². The van der Waals surface area contributed by atoms with Crippen LogP contribution in [0.1, 0.15) is 76.0 Å². The maximum absolute atomic E-state index is 12.5. The number of fused-ring (bicyclic) bond motifs is 3. The summed E-state index contributed by atoms with van der Waals surface area (Å²) < 4.78 is 0. The van der Waals surface area contributed by atoms with Crippen LogP contribution >= 0.6 is 0 Å². The molecule has 0 aromatic heterocycles. The average molecular weight is 332 g/mol. The van der Waals surface area contributed by atoms with E-state index < -0.39 is 11.4 Å². The molecule has 3 N–H and O–H groups in total. The number of benzene rings is 1. The first-order valence-corrected chi connectivity index (χ1v) is 8.94. The monoisotopic (exact) mass is 332 g/mol. The van der Waals surface area contributed by atoms with Gasteiger partial charge in [0.05, 0.1) is 5.41 Å². The predicted octanol–water partition coefficient (Wildman–Crippen LogP) is 4.32. The van der Waals surface area contributed by atoms with Crippen molar-refractivity contribution in [2.75, 3.05) is 0 Å². The molecule has 0 bridgehead atoms. The summed E-state index contributed by atoms with van der Waals surface area (Å²) >= 11 is 0. The van der Waals surface area contributed by atoms with E-state index in [1.54, 1.807) is 6.07 Å². The third-order valence-electron chi connectivity index (χ3n) is 6.47. The quantitative estimate of drug-likeness (QED) is 0.705. The van der Waals surface area contributed by atoms with E-state index in [2.05, 4.69) is 13.8 Å². The fourth-order valence-electron chi connectivity index (χ4n) is 5.34. The molecule has 2 aliphatic rings. The second kappa shape index (κ2) is 5.40. The van der Waals surface area contributed by atoms with Crippen molar-refractivity contribution in [2.45, 2.75) is 71.1 Å². The van der Waals surface area contributed by atoms with Crippen LogP contribution in [0.25, 0.3) is 0 Å². The molecule has 0 aliphatic heterocycles. The molecular formula is C20H28O4. The first kappa shape index (κ1) is 17.1. The number of aliphatic carboxylic acids is 1. The Kier molecular flexibility index (Phi) is 3.85. The Labute approximate surface area is 143 Å². The zero-order valence-corrected chi connectivity index (χ0v) is 15.0. The van der Waals surface area contributed by atoms with Crippen LogP contribution in [-0.2, 0) is 16.6 Å². The van der Waals surface area contributed by atoms with Gasteiger partial charge in [-0.2, -0.15) is 0 Å². The first-order chi connectivity index (χ1) is 11.1. The Morgan fingerprint density at radius 2 is 1.92 bits per heavy atom. The maximum Gasteiger partial charge on any atom is 0.314 e. The summed E-state index contributed by atoms with van der Waals surface area (Å²) in [5.74, 6) is -0.605. The van der Waals surface area contributed by atoms with Gasteiger partial charge in [-0.3, -0.25) is 4.79 Å². The molecule has 0 spiro atoms. The minimum Gasteiger partial charge on any atom is -0.508 e. The van der Waals surface area contributed by atoms with Gasteiger partial charge in [-0.25, -0.2) is 0 Å². The lowest BCUT2D eigenvalue weighted by Gasteiger charge is -2.53. The van der Waals surface area contributed by atoms with Crippen molar-refractivity contribution >= 4 is 5.97 Å². The molecule has 132 valence electrons. The molecule has 1 unspecified atom stereocenters. The van der Waals surface area contributed by atoms with Crippen LogP contribution in [0.3, 0.4) is 0 Å². The zero-order chi connectivity index (χ0) is 17.9. The molecule has 1 saturated carbocycles. The highest BCUT2D eigenvalue weighted by Crippen LogP contribution is 2.60. The Morgan fingerprint density at radius 3 is 2.50 bits per heavy atom. The number of phenolic OH excluding ortho intramolecular Hbond substituents is 2. The van der Waals surface area contributed by atoms with Crippen molar-refractivity contribution in [3.63, 3.8) is 0 Å². The van der Waals surface area contributed by atoms with Crippen molar-refractivity contribution in [1.82, 2.24) is 0 Å². The van der Waals surface area contributed by atoms with E-state index in [0.29, 0.717) is 29.5 Å². The molecule has 1 aromatic carbocycles. The van der Waals surface area contributed by atoms with E-state index in [-0.39, 0.29) is 28.7 Å². The molecule has 1 aromatic rings. The third kappa shape index (κ3) is 2.15. The second-order valence-electron chi connectivity index (χ2n) is 8.55. The molecule has 3 rings (SSSR count). The first-order valence-electron chi connectivity index (χ1n) is 8.94. The standard InChI is InChI=1S/C20H28O4/c1-11(2)13-10-14(21)16-12(17(13)22)6-7-15-19(3,4)8-5-9-20(15,16)18(23)24/h10-11,15,21-22H,5-9H2,1-4H3,(H,23,24)/t15?,20-/m1/s1. The smallest absolute Gasteiger partial charge is 0.314 e. The van der Waals surface area contributed by atoms with E-state index >= 15 is 0 Å². The van der Waals surface area contributed by atoms with Crippen LogP contribution in [-0.4, -0.2) is 21.3 Å². The number of hydrogen-bond donors (Lipinski definition) is 3. The fraction of sp³-hybridized carbons (Fsp3) is 0.650. The Bertz CT molecular complexity index is 689. The third-order valence-corrected chi connectivity index (χ3v) is 6.47. The minimum atomic E-state index is -1.09. The van der Waals surface area contributed by atoms with Gasteiger partial charge in [0.1, 0.15) is 11.5 Å². The minimum absolute atomic E-state index is 0.0288. The lowest BCUT2D eigenvalue weighted by Crippen LogP contribution is -2.54. The predicted molar refractivity (Wildman–Crippen MR) is 92.6 cm³/mol. The average Bonchev–Trinajstić information content (AvgIpc) is 2.49. The molecule has 0 heterocycles. The Balaban J connectivity index is 2.31. The fourth-order valence-corrected chi connectivity index (χ4v) is 5.34. The Hall–Kier alpha value is -1.71. The number of carboxylic acids is 1. The number of carboxylic acid groups (broad SMARTS) is 1. The van der Waals surface area contributed by atoms with Gasteiger partial charge in [-0.15, -0.1) is 0 Å². The van der Waals surface area contributed by atoms with E-state index in [4.69, 9.17) is 0 Å². The van der Waals surface area contributed by atoms with Gasteiger partial charge in [-0.05, 0) is 49.0 Å². The van der Waals surface area contributed by atoms with Crippen molar-refractivity contribution in [3.05, 3.63) is 22.8 Å². The van der Waals surface area contributed by atoms with Crippen molar-refractivity contribution in [2.24, 2.45) is 11.3 Å². The Morgan fingerprint density at radius 1 is 1.25 bits per heavy atom. The number of hydrogen-bond acceptors (Lipinski definition) is 3. The van der Waals surface area contributed by atoms with Crippen molar-refractivity contribution in [3.8, 4) is 11.5 Å². The van der Waals surface area contributed by atoms with Crippen LogP contribution in [0.5, 0.6) is 11.5 Å². The summed E-state index contributed by atoms with van der Waals surface area (Å²) in [4.78, 5) is 12.5. The van der Waals surface area contributed by atoms with E-state index in [1.165, 1.54) is 0 Å². The number of carbonyl (C=O) groups is 1. The molecule has 2 aliphatic carbocycles. The van der Waals surface area contributed by atoms with Crippen LogP contribution < -0.4 is 0 Å². The highest BCUT2D eigenvalue weighted by Gasteiger charge is 2.58. The maximum atomic E-state index is 12.5. The molecule has 0 amide bonds.